The summed E-state index contributed by atoms with van der Waals surface area (Å²) >= 11 is 3.95. The highest BCUT2D eigenvalue weighted by Crippen LogP contribution is 2.61. The lowest BCUT2D eigenvalue weighted by Crippen LogP contribution is -2.46. The van der Waals surface area contributed by atoms with Gasteiger partial charge >= 0.3 is 29.4 Å². The largest absolute Gasteiger partial charge is 0.481 e. The number of fused-ring (bicyclic) bond motifs is 1. The molecule has 29 heteroatoms. The number of anilines is 1. The van der Waals surface area contributed by atoms with E-state index in [1.165, 1.54) is 13.8 Å². The number of hydrogen-bond acceptors (Lipinski definition) is 18. The van der Waals surface area contributed by atoms with Crippen molar-refractivity contribution in [3.8, 4) is 0 Å². The number of ether oxygens (including phenoxy) is 1. The first-order valence-corrected chi connectivity index (χ1v) is 19.9. The summed E-state index contributed by atoms with van der Waals surface area (Å²) in [5, 5.41) is 33.7. The van der Waals surface area contributed by atoms with Gasteiger partial charge in [0, 0.05) is 36.8 Å². The molecule has 1 aliphatic heterocycles. The quantitative estimate of drug-likeness (QED) is 0.0440. The lowest BCUT2D eigenvalue weighted by molar-refractivity contribution is -0.137. The minimum absolute atomic E-state index is 0.0363. The van der Waals surface area contributed by atoms with Gasteiger partial charge in [0.2, 0.25) is 11.8 Å². The van der Waals surface area contributed by atoms with E-state index < -0.39 is 84.6 Å². The van der Waals surface area contributed by atoms with Crippen molar-refractivity contribution in [2.75, 3.05) is 37.8 Å². The topological polar surface area (TPSA) is 384 Å². The number of amides is 2. The first-order valence-electron chi connectivity index (χ1n) is 14.8. The fraction of sp³-hybridized carbons (Fsp3) is 0.583. The van der Waals surface area contributed by atoms with Crippen molar-refractivity contribution in [3.63, 3.8) is 0 Å². The maximum atomic E-state index is 12.6. The number of carbonyl (C=O) groups is 3. The van der Waals surface area contributed by atoms with Crippen LogP contribution < -0.4 is 16.4 Å². The van der Waals surface area contributed by atoms with Crippen molar-refractivity contribution < 1.29 is 85.6 Å². The number of imidazole rings is 1. The van der Waals surface area contributed by atoms with Crippen molar-refractivity contribution >= 4 is 70.9 Å². The second kappa shape index (κ2) is 19.6. The number of hydrogen-bond donors (Lipinski definition) is 11. The zero-order valence-corrected chi connectivity index (χ0v) is 31.4. The lowest BCUT2D eigenvalue weighted by Gasteiger charge is -2.30. The Kier molecular flexibility index (Phi) is 17.1. The summed E-state index contributed by atoms with van der Waals surface area (Å²) in [6.45, 7) is 3.68. The molecular formula is C24H40N7O18P3S. The van der Waals surface area contributed by atoms with Gasteiger partial charge in [0.05, 0.1) is 19.5 Å². The van der Waals surface area contributed by atoms with Gasteiger partial charge in [-0.3, -0.25) is 27.7 Å². The van der Waals surface area contributed by atoms with E-state index in [1.54, 1.807) is 0 Å². The maximum Gasteiger partial charge on any atom is 0.481 e. The fourth-order valence-electron chi connectivity index (χ4n) is 4.14. The third kappa shape index (κ3) is 14.7. The van der Waals surface area contributed by atoms with E-state index in [4.69, 9.17) is 24.6 Å². The van der Waals surface area contributed by atoms with Crippen molar-refractivity contribution in [2.24, 2.45) is 5.41 Å². The van der Waals surface area contributed by atoms with Gasteiger partial charge in [0.25, 0.3) is 0 Å². The van der Waals surface area contributed by atoms with Crippen molar-refractivity contribution in [2.45, 2.75) is 50.9 Å². The van der Waals surface area contributed by atoms with Crippen molar-refractivity contribution in [1.29, 1.82) is 0 Å². The summed E-state index contributed by atoms with van der Waals surface area (Å²) in [6, 6.07) is 0. The molecule has 2 amide bonds. The maximum absolute atomic E-state index is 12.6. The highest BCUT2D eigenvalue weighted by molar-refractivity contribution is 7.80. The number of nitrogens with two attached hydrogens (primary N) is 1. The van der Waals surface area contributed by atoms with Crippen LogP contribution in [0.25, 0.3) is 11.2 Å². The number of aliphatic hydroxyl groups is 2. The number of carbonyl (C=O) groups excluding carboxylic acids is 2. The van der Waals surface area contributed by atoms with Crippen LogP contribution in [0.4, 0.5) is 5.82 Å². The third-order valence-electron chi connectivity index (χ3n) is 6.69. The summed E-state index contributed by atoms with van der Waals surface area (Å²) in [4.78, 5) is 83.9. The second-order valence-electron chi connectivity index (χ2n) is 11.3. The van der Waals surface area contributed by atoms with E-state index in [9.17, 15) is 57.9 Å². The molecule has 2 aromatic rings. The molecule has 3 heterocycles. The Morgan fingerprint density at radius 3 is 2.32 bits per heavy atom. The van der Waals surface area contributed by atoms with E-state index in [2.05, 4.69) is 53.6 Å². The van der Waals surface area contributed by atoms with Gasteiger partial charge in [0.1, 0.15) is 36.3 Å². The molecule has 7 atom stereocenters. The molecule has 300 valence electrons. The van der Waals surface area contributed by atoms with Gasteiger partial charge in [0.15, 0.2) is 17.7 Å². The average Bonchev–Trinajstić information content (AvgIpc) is 3.61. The number of aliphatic hydroxyl groups excluding tert-OH is 2. The zero-order valence-electron chi connectivity index (χ0n) is 27.8. The SMILES string of the molecule is C=CC(=O)O.CC(C)(COP(=O)(O)OP(=O)(O)OC[C@H]1O[C@@H](n2cnc3c(N)ncnc32)[C@H](O)[C@@H]1OP(=O)(O)O)[C@@H](O)C(=O)NCCC(=O)NCCS. The summed E-state index contributed by atoms with van der Waals surface area (Å²) in [6.07, 6.45) is -5.91. The molecule has 0 aliphatic carbocycles. The van der Waals surface area contributed by atoms with Crippen LogP contribution in [0.1, 0.15) is 26.5 Å². The van der Waals surface area contributed by atoms with Crippen LogP contribution in [-0.2, 0) is 50.7 Å². The number of carboxylic acid groups (broad SMARTS) is 1. The normalized spacial score (nSPS) is 21.8. The summed E-state index contributed by atoms with van der Waals surface area (Å²) in [7, 11) is -16.3. The Balaban J connectivity index is 0.00000181. The van der Waals surface area contributed by atoms with E-state index in [0.717, 1.165) is 23.3 Å². The molecule has 0 aromatic carbocycles. The van der Waals surface area contributed by atoms with E-state index >= 15 is 0 Å². The van der Waals surface area contributed by atoms with Crippen LogP contribution >= 0.6 is 36.1 Å². The lowest BCUT2D eigenvalue weighted by atomic mass is 9.87. The highest BCUT2D eigenvalue weighted by atomic mass is 32.1. The third-order valence-corrected chi connectivity index (χ3v) is 10.0. The number of nitrogens with zero attached hydrogens (tertiary/aromatic N) is 4. The first kappa shape index (κ1) is 46.3. The van der Waals surface area contributed by atoms with E-state index in [0.29, 0.717) is 12.3 Å². The molecule has 2 unspecified atom stereocenters. The number of rotatable bonds is 19. The highest BCUT2D eigenvalue weighted by Gasteiger charge is 2.50. The average molecular weight is 840 g/mol. The van der Waals surface area contributed by atoms with Crippen LogP contribution in [0, 0.1) is 5.41 Å². The van der Waals surface area contributed by atoms with E-state index in [-0.39, 0.29) is 35.9 Å². The van der Waals surface area contributed by atoms with Gasteiger partial charge in [-0.15, -0.1) is 0 Å². The molecule has 0 bridgehead atoms. The molecule has 2 aromatic heterocycles. The standard InChI is InChI=1S/C21H36N7O16P3S.C3H4O2/c1-21(2,16(31)19(32)24-4-3-12(29)23-5-6-48)8-41-47(38,39)44-46(36,37)40-7-11-15(43-45(33,34)35)14(30)20(42-11)28-10-27-13-17(22)25-9-26-18(13)28;1-2-3(4)5/h9-11,14-16,20,30-31,48H,3-8H2,1-2H3,(H,23,29)(H,24,32)(H,36,37)(H,38,39)(H2,22,25,26)(H2,33,34,35);2H,1H2,(H,4,5)/t11-,14-,15-,16+,20-;/m1./s1. The summed E-state index contributed by atoms with van der Waals surface area (Å²) in [5.74, 6) is -1.92. The van der Waals surface area contributed by atoms with Crippen LogP contribution in [-0.4, -0.2) is 129 Å². The number of phosphoric ester groups is 3. The predicted octanol–water partition coefficient (Wildman–Crippen LogP) is -1.41. The molecule has 25 nitrogen and oxygen atoms in total. The Labute approximate surface area is 305 Å². The predicted molar refractivity (Wildman–Crippen MR) is 181 cm³/mol. The minimum Gasteiger partial charge on any atom is -0.478 e. The molecular weight excluding hydrogens is 799 g/mol. The number of phosphoric acid groups is 3. The second-order valence-corrected chi connectivity index (χ2v) is 16.0. The number of nitrogens with one attached hydrogen (secondary N) is 2. The molecule has 0 saturated carbocycles. The number of nitrogen functional groups attached to an aromatic ring is 1. The monoisotopic (exact) mass is 839 g/mol. The molecule has 11 N–H and O–H groups in total. The zero-order chi connectivity index (χ0) is 40.4. The van der Waals surface area contributed by atoms with Gasteiger partial charge in [-0.2, -0.15) is 16.9 Å². The Morgan fingerprint density at radius 1 is 1.11 bits per heavy atom. The fourth-order valence-corrected chi connectivity index (χ4v) is 7.08. The first-order chi connectivity index (χ1) is 24.4. The summed E-state index contributed by atoms with van der Waals surface area (Å²) in [5.41, 5.74) is 4.30. The Bertz CT molecular complexity index is 1740. The Morgan fingerprint density at radius 2 is 1.74 bits per heavy atom. The van der Waals surface area contributed by atoms with Crippen molar-refractivity contribution in [1.82, 2.24) is 30.2 Å². The molecule has 1 fully saturated rings. The van der Waals surface area contributed by atoms with Crippen LogP contribution in [0.3, 0.4) is 0 Å². The van der Waals surface area contributed by atoms with Gasteiger partial charge < -0.3 is 56.0 Å². The molecule has 0 spiro atoms. The van der Waals surface area contributed by atoms with Gasteiger partial charge in [-0.1, -0.05) is 20.4 Å². The van der Waals surface area contributed by atoms with Crippen LogP contribution in [0.2, 0.25) is 0 Å². The molecule has 53 heavy (non-hydrogen) atoms. The number of thiol groups is 1. The van der Waals surface area contributed by atoms with Crippen LogP contribution in [0.15, 0.2) is 25.3 Å². The Hall–Kier alpha value is -2.90. The minimum atomic E-state index is -5.54. The number of carboxylic acids is 1. The number of aliphatic carboxylic acids is 1. The van der Waals surface area contributed by atoms with E-state index in [1.807, 2.05) is 0 Å². The molecule has 1 aliphatic rings. The van der Waals surface area contributed by atoms with Crippen LogP contribution in [0.5, 0.6) is 0 Å². The number of aromatic nitrogens is 4. The molecule has 1 saturated heterocycles. The summed E-state index contributed by atoms with van der Waals surface area (Å²) < 4.78 is 61.7. The van der Waals surface area contributed by atoms with Gasteiger partial charge in [-0.25, -0.2) is 33.4 Å². The molecule has 3 rings (SSSR count). The van der Waals surface area contributed by atoms with Crippen molar-refractivity contribution in [3.05, 3.63) is 25.3 Å². The molecule has 0 radical (unpaired) electrons. The van der Waals surface area contributed by atoms with Gasteiger partial charge in [-0.05, 0) is 0 Å². The smallest absolute Gasteiger partial charge is 0.478 e.